The molecule has 1 amide bonds. The molecule has 3 rings (SSSR count). The molecule has 1 aromatic rings. The van der Waals surface area contributed by atoms with Gasteiger partial charge in [-0.05, 0) is 37.0 Å². The standard InChI is InChI=1S/C15H18N2O3/c18-14-13(9-4-2-1-3-5-9)16-11-7-6-10(15(19)20)8-12(11)17-14/h6-9,13,16H,1-5H2,(H,17,18)(H,19,20). The van der Waals surface area contributed by atoms with Gasteiger partial charge in [0.05, 0.1) is 16.9 Å². The summed E-state index contributed by atoms with van der Waals surface area (Å²) in [6.07, 6.45) is 5.77. The number of hydrogen-bond donors (Lipinski definition) is 3. The first-order valence-electron chi connectivity index (χ1n) is 7.10. The van der Waals surface area contributed by atoms with Crippen LogP contribution in [-0.2, 0) is 4.79 Å². The Balaban J connectivity index is 1.83. The summed E-state index contributed by atoms with van der Waals surface area (Å²) in [7, 11) is 0. The maximum absolute atomic E-state index is 12.2. The van der Waals surface area contributed by atoms with Gasteiger partial charge in [-0.3, -0.25) is 4.79 Å². The molecule has 1 aliphatic heterocycles. The Morgan fingerprint density at radius 3 is 2.60 bits per heavy atom. The number of carboxylic acids is 1. The fourth-order valence-electron chi connectivity index (χ4n) is 3.15. The lowest BCUT2D eigenvalue weighted by atomic mass is 9.82. The summed E-state index contributed by atoms with van der Waals surface area (Å²) in [5.41, 5.74) is 1.55. The van der Waals surface area contributed by atoms with Gasteiger partial charge in [-0.15, -0.1) is 0 Å². The van der Waals surface area contributed by atoms with Gasteiger partial charge in [0, 0.05) is 0 Å². The van der Waals surface area contributed by atoms with Gasteiger partial charge in [0.1, 0.15) is 6.04 Å². The fourth-order valence-corrected chi connectivity index (χ4v) is 3.15. The van der Waals surface area contributed by atoms with Crippen LogP contribution < -0.4 is 10.6 Å². The van der Waals surface area contributed by atoms with Crippen molar-refractivity contribution in [2.24, 2.45) is 5.92 Å². The first kappa shape index (κ1) is 13.0. The lowest BCUT2D eigenvalue weighted by Crippen LogP contribution is -2.44. The fraction of sp³-hybridized carbons (Fsp3) is 0.467. The van der Waals surface area contributed by atoms with Gasteiger partial charge in [0.2, 0.25) is 5.91 Å². The highest BCUT2D eigenvalue weighted by atomic mass is 16.4. The number of carbonyl (C=O) groups excluding carboxylic acids is 1. The van der Waals surface area contributed by atoms with E-state index < -0.39 is 5.97 Å². The van der Waals surface area contributed by atoms with E-state index in [1.54, 1.807) is 12.1 Å². The van der Waals surface area contributed by atoms with Crippen molar-refractivity contribution in [3.05, 3.63) is 23.8 Å². The number of hydrogen-bond acceptors (Lipinski definition) is 3. The molecule has 3 N–H and O–H groups in total. The van der Waals surface area contributed by atoms with Crippen LogP contribution in [0.1, 0.15) is 42.5 Å². The number of nitrogens with one attached hydrogen (secondary N) is 2. The average Bonchev–Trinajstić information content (AvgIpc) is 2.46. The molecule has 2 aliphatic rings. The summed E-state index contributed by atoms with van der Waals surface area (Å²) >= 11 is 0. The van der Waals surface area contributed by atoms with Gasteiger partial charge < -0.3 is 15.7 Å². The topological polar surface area (TPSA) is 78.4 Å². The number of rotatable bonds is 2. The van der Waals surface area contributed by atoms with E-state index in [2.05, 4.69) is 10.6 Å². The molecule has 106 valence electrons. The number of fused-ring (bicyclic) bond motifs is 1. The predicted octanol–water partition coefficient (Wildman–Crippen LogP) is 2.70. The Kier molecular flexibility index (Phi) is 3.34. The molecule has 0 spiro atoms. The van der Waals surface area contributed by atoms with Crippen molar-refractivity contribution in [2.75, 3.05) is 10.6 Å². The first-order chi connectivity index (χ1) is 9.65. The second kappa shape index (κ2) is 5.15. The molecule has 1 unspecified atom stereocenters. The Morgan fingerprint density at radius 2 is 1.90 bits per heavy atom. The predicted molar refractivity (Wildman–Crippen MR) is 76.0 cm³/mol. The van der Waals surface area contributed by atoms with Crippen LogP contribution >= 0.6 is 0 Å². The molecule has 20 heavy (non-hydrogen) atoms. The molecule has 1 atom stereocenters. The van der Waals surface area contributed by atoms with Crippen LogP contribution in [0.25, 0.3) is 0 Å². The zero-order chi connectivity index (χ0) is 14.1. The highest BCUT2D eigenvalue weighted by Gasteiger charge is 2.33. The minimum Gasteiger partial charge on any atom is -0.478 e. The quantitative estimate of drug-likeness (QED) is 0.774. The van der Waals surface area contributed by atoms with Crippen LogP contribution in [0.15, 0.2) is 18.2 Å². The molecule has 1 aromatic carbocycles. The summed E-state index contributed by atoms with van der Waals surface area (Å²) in [6.45, 7) is 0. The van der Waals surface area contributed by atoms with Crippen LogP contribution in [0.3, 0.4) is 0 Å². The van der Waals surface area contributed by atoms with Crippen LogP contribution in [0.5, 0.6) is 0 Å². The van der Waals surface area contributed by atoms with Gasteiger partial charge in [-0.2, -0.15) is 0 Å². The van der Waals surface area contributed by atoms with Gasteiger partial charge in [0.15, 0.2) is 0 Å². The Hall–Kier alpha value is -2.04. The number of anilines is 2. The van der Waals surface area contributed by atoms with Crippen LogP contribution in [-0.4, -0.2) is 23.0 Å². The summed E-state index contributed by atoms with van der Waals surface area (Å²) < 4.78 is 0. The number of carbonyl (C=O) groups is 2. The summed E-state index contributed by atoms with van der Waals surface area (Å²) in [5.74, 6) is -0.667. The van der Waals surface area contributed by atoms with Gasteiger partial charge in [0.25, 0.3) is 0 Å². The SMILES string of the molecule is O=C(O)c1ccc2c(c1)NC(=O)C(C1CCCCC1)N2. The highest BCUT2D eigenvalue weighted by molar-refractivity contribution is 6.04. The number of carboxylic acid groups (broad SMARTS) is 1. The third-order valence-electron chi connectivity index (χ3n) is 4.24. The van der Waals surface area contributed by atoms with Gasteiger partial charge in [-0.25, -0.2) is 4.79 Å². The number of amides is 1. The first-order valence-corrected chi connectivity index (χ1v) is 7.10. The van der Waals surface area contributed by atoms with Crippen LogP contribution in [0, 0.1) is 5.92 Å². The number of aromatic carboxylic acids is 1. The maximum Gasteiger partial charge on any atom is 0.335 e. The van der Waals surface area contributed by atoms with E-state index in [0.717, 1.165) is 18.5 Å². The molecule has 0 aromatic heterocycles. The molecule has 1 heterocycles. The highest BCUT2D eigenvalue weighted by Crippen LogP contribution is 2.34. The Bertz CT molecular complexity index is 550. The lowest BCUT2D eigenvalue weighted by Gasteiger charge is -2.34. The third-order valence-corrected chi connectivity index (χ3v) is 4.24. The molecular formula is C15H18N2O3. The molecular weight excluding hydrogens is 256 g/mol. The monoisotopic (exact) mass is 274 g/mol. The van der Waals surface area contributed by atoms with Crippen molar-refractivity contribution in [3.8, 4) is 0 Å². The van der Waals surface area contributed by atoms with E-state index in [1.165, 1.54) is 25.3 Å². The van der Waals surface area contributed by atoms with Crippen LogP contribution in [0.4, 0.5) is 11.4 Å². The molecule has 0 bridgehead atoms. The largest absolute Gasteiger partial charge is 0.478 e. The molecule has 0 saturated heterocycles. The zero-order valence-electron chi connectivity index (χ0n) is 11.2. The van der Waals surface area contributed by atoms with Crippen molar-refractivity contribution >= 4 is 23.3 Å². The minimum absolute atomic E-state index is 0.0491. The van der Waals surface area contributed by atoms with E-state index in [0.29, 0.717) is 11.6 Å². The van der Waals surface area contributed by atoms with Crippen molar-refractivity contribution in [3.63, 3.8) is 0 Å². The molecule has 1 fully saturated rings. The van der Waals surface area contributed by atoms with E-state index >= 15 is 0 Å². The van der Waals surface area contributed by atoms with Gasteiger partial charge in [-0.1, -0.05) is 19.3 Å². The van der Waals surface area contributed by atoms with Crippen LogP contribution in [0.2, 0.25) is 0 Å². The Morgan fingerprint density at radius 1 is 1.15 bits per heavy atom. The van der Waals surface area contributed by atoms with Crippen molar-refractivity contribution in [2.45, 2.75) is 38.1 Å². The van der Waals surface area contributed by atoms with Crippen molar-refractivity contribution in [1.82, 2.24) is 0 Å². The van der Waals surface area contributed by atoms with Gasteiger partial charge >= 0.3 is 5.97 Å². The minimum atomic E-state index is -0.989. The molecule has 1 saturated carbocycles. The summed E-state index contributed by atoms with van der Waals surface area (Å²) in [5, 5.41) is 15.1. The molecule has 1 aliphatic carbocycles. The second-order valence-corrected chi connectivity index (χ2v) is 5.57. The normalized spacial score (nSPS) is 22.6. The molecule has 0 radical (unpaired) electrons. The van der Waals surface area contributed by atoms with E-state index in [-0.39, 0.29) is 17.5 Å². The lowest BCUT2D eigenvalue weighted by molar-refractivity contribution is -0.118. The molecule has 5 nitrogen and oxygen atoms in total. The van der Waals surface area contributed by atoms with Crippen molar-refractivity contribution in [1.29, 1.82) is 0 Å². The second-order valence-electron chi connectivity index (χ2n) is 5.57. The maximum atomic E-state index is 12.2. The van der Waals surface area contributed by atoms with Crippen molar-refractivity contribution < 1.29 is 14.7 Å². The zero-order valence-corrected chi connectivity index (χ0v) is 11.2. The smallest absolute Gasteiger partial charge is 0.335 e. The van der Waals surface area contributed by atoms with E-state index in [1.807, 2.05) is 0 Å². The number of benzene rings is 1. The average molecular weight is 274 g/mol. The Labute approximate surface area is 117 Å². The van der Waals surface area contributed by atoms with E-state index in [9.17, 15) is 9.59 Å². The third kappa shape index (κ3) is 2.35. The summed E-state index contributed by atoms with van der Waals surface area (Å²) in [6, 6.07) is 4.59. The summed E-state index contributed by atoms with van der Waals surface area (Å²) in [4.78, 5) is 23.2. The van der Waals surface area contributed by atoms with E-state index in [4.69, 9.17) is 5.11 Å². The molecule has 5 heteroatoms.